The molecular weight excluding hydrogens is 366 g/mol. The van der Waals surface area contributed by atoms with Gasteiger partial charge in [0, 0.05) is 17.7 Å². The predicted molar refractivity (Wildman–Crippen MR) is 114 cm³/mol. The summed E-state index contributed by atoms with van der Waals surface area (Å²) in [7, 11) is 0. The van der Waals surface area contributed by atoms with Gasteiger partial charge in [-0.25, -0.2) is 0 Å². The van der Waals surface area contributed by atoms with E-state index < -0.39 is 11.9 Å². The summed E-state index contributed by atoms with van der Waals surface area (Å²) >= 11 is 0. The fraction of sp³-hybridized carbons (Fsp3) is 0.375. The topological polar surface area (TPSA) is 72.5 Å². The maximum absolute atomic E-state index is 12.2. The van der Waals surface area contributed by atoms with E-state index in [4.69, 9.17) is 4.74 Å². The van der Waals surface area contributed by atoms with Crippen LogP contribution in [0.2, 0.25) is 0 Å². The van der Waals surface area contributed by atoms with Crippen LogP contribution >= 0.6 is 0 Å². The number of anilines is 1. The minimum atomic E-state index is -0.561. The number of carbonyl (C=O) groups is 3. The summed E-state index contributed by atoms with van der Waals surface area (Å²) in [6.07, 6.45) is 4.56. The van der Waals surface area contributed by atoms with Crippen LogP contribution in [0, 0.1) is 6.92 Å². The lowest BCUT2D eigenvalue weighted by molar-refractivity contribution is -0.147. The Hall–Kier alpha value is -2.95. The molecular formula is C24H29NO4. The van der Waals surface area contributed by atoms with E-state index in [0.29, 0.717) is 11.3 Å². The van der Waals surface area contributed by atoms with Crippen molar-refractivity contribution < 1.29 is 19.1 Å². The van der Waals surface area contributed by atoms with Gasteiger partial charge in [0.1, 0.15) is 0 Å². The third-order valence-electron chi connectivity index (χ3n) is 4.57. The Labute approximate surface area is 172 Å². The van der Waals surface area contributed by atoms with Crippen LogP contribution in [-0.4, -0.2) is 24.3 Å². The number of nitrogens with one attached hydrogen (secondary N) is 1. The van der Waals surface area contributed by atoms with Crippen LogP contribution in [0.4, 0.5) is 5.69 Å². The average molecular weight is 395 g/mol. The Balaban J connectivity index is 1.70. The molecule has 1 amide bonds. The van der Waals surface area contributed by atoms with Crippen molar-refractivity contribution in [2.24, 2.45) is 0 Å². The van der Waals surface area contributed by atoms with E-state index in [9.17, 15) is 14.4 Å². The number of esters is 1. The molecule has 0 aliphatic carbocycles. The molecule has 2 aromatic rings. The molecule has 0 saturated heterocycles. The van der Waals surface area contributed by atoms with Crippen LogP contribution in [0.15, 0.2) is 48.5 Å². The van der Waals surface area contributed by atoms with Crippen molar-refractivity contribution in [1.82, 2.24) is 0 Å². The highest BCUT2D eigenvalue weighted by Crippen LogP contribution is 2.12. The molecule has 1 N–H and O–H groups in total. The minimum absolute atomic E-state index is 0.0468. The lowest BCUT2D eigenvalue weighted by Crippen LogP contribution is -2.21. The number of benzene rings is 2. The van der Waals surface area contributed by atoms with Gasteiger partial charge in [-0.15, -0.1) is 0 Å². The highest BCUT2D eigenvalue weighted by Gasteiger charge is 2.12. The summed E-state index contributed by atoms with van der Waals surface area (Å²) in [5, 5.41) is 2.67. The van der Waals surface area contributed by atoms with Gasteiger partial charge in [-0.2, -0.15) is 0 Å². The minimum Gasteiger partial charge on any atom is -0.456 e. The van der Waals surface area contributed by atoms with E-state index in [-0.39, 0.29) is 25.2 Å². The molecule has 0 spiro atoms. The fourth-order valence-corrected chi connectivity index (χ4v) is 2.93. The van der Waals surface area contributed by atoms with E-state index in [1.54, 1.807) is 6.07 Å². The summed E-state index contributed by atoms with van der Waals surface area (Å²) in [5.74, 6) is -1.07. The quantitative estimate of drug-likeness (QED) is 0.335. The summed E-state index contributed by atoms with van der Waals surface area (Å²) in [6.45, 7) is 3.73. The standard InChI is InChI=1S/C24H29NO4/c1-3-4-5-8-19-10-12-20(13-11-19)22(26)14-15-24(28)29-17-23(27)25-21-9-6-7-18(2)16-21/h6-7,9-13,16H,3-5,8,14-15,17H2,1-2H3,(H,25,27). The van der Waals surface area contributed by atoms with Crippen LogP contribution < -0.4 is 5.32 Å². The monoisotopic (exact) mass is 395 g/mol. The third kappa shape index (κ3) is 8.30. The van der Waals surface area contributed by atoms with Gasteiger partial charge in [0.2, 0.25) is 0 Å². The lowest BCUT2D eigenvalue weighted by Gasteiger charge is -2.07. The highest BCUT2D eigenvalue weighted by molar-refractivity contribution is 5.98. The number of hydrogen-bond donors (Lipinski definition) is 1. The van der Waals surface area contributed by atoms with Crippen LogP contribution in [0.3, 0.4) is 0 Å². The molecule has 154 valence electrons. The van der Waals surface area contributed by atoms with Crippen molar-refractivity contribution >= 4 is 23.3 Å². The second-order valence-electron chi connectivity index (χ2n) is 7.16. The Morgan fingerprint density at radius 3 is 2.41 bits per heavy atom. The number of Topliss-reactive ketones (excluding diaryl/α,β-unsaturated/α-hetero) is 1. The lowest BCUT2D eigenvalue weighted by atomic mass is 10.0. The molecule has 0 saturated carbocycles. The molecule has 0 aliphatic rings. The number of unbranched alkanes of at least 4 members (excludes halogenated alkanes) is 2. The molecule has 0 radical (unpaired) electrons. The summed E-state index contributed by atoms with van der Waals surface area (Å²) in [4.78, 5) is 35.9. The van der Waals surface area contributed by atoms with Crippen molar-refractivity contribution in [3.63, 3.8) is 0 Å². The first-order valence-corrected chi connectivity index (χ1v) is 10.1. The molecule has 0 fully saturated rings. The molecule has 0 aliphatic heterocycles. The second kappa shape index (κ2) is 11.8. The Morgan fingerprint density at radius 1 is 0.966 bits per heavy atom. The van der Waals surface area contributed by atoms with Gasteiger partial charge in [-0.05, 0) is 43.0 Å². The van der Waals surface area contributed by atoms with Crippen LogP contribution in [0.25, 0.3) is 0 Å². The van der Waals surface area contributed by atoms with Crippen LogP contribution in [0.1, 0.15) is 60.5 Å². The molecule has 2 rings (SSSR count). The second-order valence-corrected chi connectivity index (χ2v) is 7.16. The summed E-state index contributed by atoms with van der Waals surface area (Å²) in [5.41, 5.74) is 3.48. The Bertz CT molecular complexity index is 827. The number of ketones is 1. The van der Waals surface area contributed by atoms with E-state index in [0.717, 1.165) is 18.4 Å². The third-order valence-corrected chi connectivity index (χ3v) is 4.57. The number of aryl methyl sites for hydroxylation is 2. The molecule has 2 aromatic carbocycles. The van der Waals surface area contributed by atoms with E-state index in [1.165, 1.54) is 18.4 Å². The number of ether oxygens (including phenoxy) is 1. The molecule has 5 heteroatoms. The number of carbonyl (C=O) groups excluding carboxylic acids is 3. The van der Waals surface area contributed by atoms with Gasteiger partial charge in [-0.1, -0.05) is 56.2 Å². The van der Waals surface area contributed by atoms with E-state index >= 15 is 0 Å². The van der Waals surface area contributed by atoms with Crippen LogP contribution in [-0.2, 0) is 20.7 Å². The predicted octanol–water partition coefficient (Wildman–Crippen LogP) is 4.87. The maximum Gasteiger partial charge on any atom is 0.306 e. The van der Waals surface area contributed by atoms with Crippen LogP contribution in [0.5, 0.6) is 0 Å². The molecule has 0 unspecified atom stereocenters. The summed E-state index contributed by atoms with van der Waals surface area (Å²) in [6, 6.07) is 14.9. The average Bonchev–Trinajstić information content (AvgIpc) is 2.71. The Morgan fingerprint density at radius 2 is 1.72 bits per heavy atom. The molecule has 0 heterocycles. The van der Waals surface area contributed by atoms with Crippen molar-refractivity contribution in [1.29, 1.82) is 0 Å². The van der Waals surface area contributed by atoms with Gasteiger partial charge < -0.3 is 10.1 Å². The molecule has 0 bridgehead atoms. The van der Waals surface area contributed by atoms with E-state index in [1.807, 2.05) is 49.4 Å². The smallest absolute Gasteiger partial charge is 0.306 e. The van der Waals surface area contributed by atoms with Crippen molar-refractivity contribution in [3.05, 3.63) is 65.2 Å². The van der Waals surface area contributed by atoms with E-state index in [2.05, 4.69) is 12.2 Å². The van der Waals surface area contributed by atoms with Gasteiger partial charge >= 0.3 is 5.97 Å². The summed E-state index contributed by atoms with van der Waals surface area (Å²) < 4.78 is 4.96. The van der Waals surface area contributed by atoms with Crippen molar-refractivity contribution in [2.75, 3.05) is 11.9 Å². The maximum atomic E-state index is 12.2. The molecule has 0 atom stereocenters. The molecule has 29 heavy (non-hydrogen) atoms. The normalized spacial score (nSPS) is 10.4. The van der Waals surface area contributed by atoms with Gasteiger partial charge in [0.05, 0.1) is 6.42 Å². The van der Waals surface area contributed by atoms with Gasteiger partial charge in [-0.3, -0.25) is 14.4 Å². The highest BCUT2D eigenvalue weighted by atomic mass is 16.5. The zero-order valence-corrected chi connectivity index (χ0v) is 17.2. The first-order valence-electron chi connectivity index (χ1n) is 10.1. The molecule has 0 aromatic heterocycles. The van der Waals surface area contributed by atoms with Crippen molar-refractivity contribution in [3.8, 4) is 0 Å². The largest absolute Gasteiger partial charge is 0.456 e. The molecule has 5 nitrogen and oxygen atoms in total. The Kier molecular flexibility index (Phi) is 9.09. The first-order chi connectivity index (χ1) is 14.0. The number of rotatable bonds is 11. The fourth-order valence-electron chi connectivity index (χ4n) is 2.93. The van der Waals surface area contributed by atoms with Gasteiger partial charge in [0.25, 0.3) is 5.91 Å². The van der Waals surface area contributed by atoms with Crippen molar-refractivity contribution in [2.45, 2.75) is 52.4 Å². The number of hydrogen-bond acceptors (Lipinski definition) is 4. The van der Waals surface area contributed by atoms with Gasteiger partial charge in [0.15, 0.2) is 12.4 Å². The first kappa shape index (κ1) is 22.3. The SMILES string of the molecule is CCCCCc1ccc(C(=O)CCC(=O)OCC(=O)Nc2cccc(C)c2)cc1. The zero-order chi connectivity index (χ0) is 21.1. The zero-order valence-electron chi connectivity index (χ0n) is 17.2. The number of amides is 1.